The molecular weight excluding hydrogens is 142 g/mol. The molecule has 11 heavy (non-hydrogen) atoms. The fourth-order valence-electron chi connectivity index (χ4n) is 1.39. The third-order valence-electron chi connectivity index (χ3n) is 2.04. The molecule has 1 heterocycles. The average molecular weight is 157 g/mol. The summed E-state index contributed by atoms with van der Waals surface area (Å²) >= 11 is 0. The zero-order valence-electron chi connectivity index (χ0n) is 6.93. The molecule has 1 N–H and O–H groups in total. The van der Waals surface area contributed by atoms with E-state index in [-0.39, 0.29) is 18.3 Å². The van der Waals surface area contributed by atoms with Gasteiger partial charge in [0.25, 0.3) is 0 Å². The molecule has 0 radical (unpaired) electrons. The largest absolute Gasteiger partial charge is 0.377 e. The molecule has 0 spiro atoms. The van der Waals surface area contributed by atoms with E-state index in [1.807, 2.05) is 0 Å². The minimum atomic E-state index is 0.198. The van der Waals surface area contributed by atoms with Crippen LogP contribution in [0, 0.1) is 5.92 Å². The number of methoxy groups -OCH3 is 1. The van der Waals surface area contributed by atoms with Crippen LogP contribution < -0.4 is 5.32 Å². The molecule has 0 saturated carbocycles. The maximum Gasteiger partial charge on any atom is 0.162 e. The van der Waals surface area contributed by atoms with Crippen LogP contribution in [0.5, 0.6) is 0 Å². The number of carbonyl (C=O) groups excluding carboxylic acids is 1. The van der Waals surface area contributed by atoms with E-state index in [1.165, 1.54) is 0 Å². The fourth-order valence-corrected chi connectivity index (χ4v) is 1.39. The van der Waals surface area contributed by atoms with Gasteiger partial charge >= 0.3 is 0 Å². The number of rotatable bonds is 3. The van der Waals surface area contributed by atoms with E-state index in [1.54, 1.807) is 7.11 Å². The van der Waals surface area contributed by atoms with Gasteiger partial charge in [-0.2, -0.15) is 0 Å². The van der Waals surface area contributed by atoms with E-state index < -0.39 is 0 Å². The Bertz CT molecular complexity index is 130. The normalized spacial score (nSPS) is 25.0. The lowest BCUT2D eigenvalue weighted by Gasteiger charge is -2.20. The van der Waals surface area contributed by atoms with Gasteiger partial charge in [-0.3, -0.25) is 4.79 Å². The molecule has 0 unspecified atom stereocenters. The van der Waals surface area contributed by atoms with Crippen molar-refractivity contribution < 1.29 is 9.53 Å². The third kappa shape index (κ3) is 2.60. The monoisotopic (exact) mass is 157 g/mol. The number of nitrogens with one attached hydrogen (secondary N) is 1. The number of ether oxygens (including phenoxy) is 1. The Morgan fingerprint density at radius 3 is 3.09 bits per heavy atom. The average Bonchev–Trinajstić information content (AvgIpc) is 2.07. The van der Waals surface area contributed by atoms with Crippen LogP contribution in [-0.2, 0) is 9.53 Å². The predicted molar refractivity (Wildman–Crippen MR) is 42.5 cm³/mol. The van der Waals surface area contributed by atoms with Gasteiger partial charge in [-0.05, 0) is 19.4 Å². The molecule has 1 aliphatic rings. The molecule has 1 saturated heterocycles. The van der Waals surface area contributed by atoms with Crippen LogP contribution in [0.15, 0.2) is 0 Å². The summed E-state index contributed by atoms with van der Waals surface area (Å²) in [6, 6.07) is 0. The van der Waals surface area contributed by atoms with Gasteiger partial charge in [-0.25, -0.2) is 0 Å². The summed E-state index contributed by atoms with van der Waals surface area (Å²) in [6.07, 6.45) is 2.13. The summed E-state index contributed by atoms with van der Waals surface area (Å²) < 4.78 is 4.78. The van der Waals surface area contributed by atoms with Crippen LogP contribution in [0.1, 0.15) is 12.8 Å². The van der Waals surface area contributed by atoms with Crippen molar-refractivity contribution in [2.45, 2.75) is 12.8 Å². The lowest BCUT2D eigenvalue weighted by atomic mass is 9.96. The Kier molecular flexibility index (Phi) is 3.52. The van der Waals surface area contributed by atoms with Gasteiger partial charge in [-0.15, -0.1) is 0 Å². The van der Waals surface area contributed by atoms with E-state index in [0.29, 0.717) is 0 Å². The van der Waals surface area contributed by atoms with Crippen molar-refractivity contribution in [3.8, 4) is 0 Å². The first-order valence-corrected chi connectivity index (χ1v) is 4.07. The molecule has 1 rings (SSSR count). The number of hydrogen-bond acceptors (Lipinski definition) is 3. The second-order valence-corrected chi connectivity index (χ2v) is 2.94. The molecule has 1 fully saturated rings. The number of ketones is 1. The first-order chi connectivity index (χ1) is 5.34. The van der Waals surface area contributed by atoms with Crippen LogP contribution in [0.2, 0.25) is 0 Å². The van der Waals surface area contributed by atoms with Crippen LogP contribution in [0.4, 0.5) is 0 Å². The lowest BCUT2D eigenvalue weighted by Crippen LogP contribution is -2.35. The van der Waals surface area contributed by atoms with Crippen LogP contribution >= 0.6 is 0 Å². The van der Waals surface area contributed by atoms with Gasteiger partial charge in [0.2, 0.25) is 0 Å². The molecule has 3 nitrogen and oxygen atoms in total. The van der Waals surface area contributed by atoms with Crippen molar-refractivity contribution in [1.29, 1.82) is 0 Å². The van der Waals surface area contributed by atoms with E-state index in [2.05, 4.69) is 5.32 Å². The summed E-state index contributed by atoms with van der Waals surface area (Å²) in [7, 11) is 1.56. The van der Waals surface area contributed by atoms with Crippen LogP contribution in [-0.4, -0.2) is 32.6 Å². The third-order valence-corrected chi connectivity index (χ3v) is 2.04. The summed E-state index contributed by atoms with van der Waals surface area (Å²) in [6.45, 7) is 2.16. The highest BCUT2D eigenvalue weighted by atomic mass is 16.5. The Morgan fingerprint density at radius 2 is 2.55 bits per heavy atom. The van der Waals surface area contributed by atoms with E-state index in [0.717, 1.165) is 25.9 Å². The second kappa shape index (κ2) is 4.46. The van der Waals surface area contributed by atoms with Gasteiger partial charge in [-0.1, -0.05) is 0 Å². The zero-order chi connectivity index (χ0) is 8.10. The lowest BCUT2D eigenvalue weighted by molar-refractivity contribution is -0.127. The molecule has 0 amide bonds. The Balaban J connectivity index is 2.27. The highest BCUT2D eigenvalue weighted by molar-refractivity contribution is 5.82. The summed E-state index contributed by atoms with van der Waals surface area (Å²) in [5.74, 6) is 0.434. The molecule has 64 valence electrons. The summed E-state index contributed by atoms with van der Waals surface area (Å²) in [4.78, 5) is 11.2. The molecule has 0 aromatic heterocycles. The fraction of sp³-hybridized carbons (Fsp3) is 0.875. The van der Waals surface area contributed by atoms with Crippen LogP contribution in [0.3, 0.4) is 0 Å². The Labute approximate surface area is 67.1 Å². The molecule has 3 heteroatoms. The predicted octanol–water partition coefficient (Wildman–Crippen LogP) is 0.202. The van der Waals surface area contributed by atoms with Crippen molar-refractivity contribution in [3.05, 3.63) is 0 Å². The zero-order valence-corrected chi connectivity index (χ0v) is 6.93. The molecule has 1 atom stereocenters. The molecule has 0 aliphatic carbocycles. The summed E-state index contributed by atoms with van der Waals surface area (Å²) in [5.41, 5.74) is 0. The standard InChI is InChI=1S/C8H15NO2/c1-11-6-8(10)7-3-2-4-9-5-7/h7,9H,2-6H2,1H3/t7-/m1/s1. The van der Waals surface area contributed by atoms with Crippen molar-refractivity contribution in [1.82, 2.24) is 5.32 Å². The number of Topliss-reactive ketones (excluding diaryl/α,β-unsaturated/α-hetero) is 1. The van der Waals surface area contributed by atoms with Crippen molar-refractivity contribution in [3.63, 3.8) is 0 Å². The Hall–Kier alpha value is -0.410. The molecule has 0 aromatic rings. The first kappa shape index (κ1) is 8.68. The summed E-state index contributed by atoms with van der Waals surface area (Å²) in [5, 5.41) is 3.20. The smallest absolute Gasteiger partial charge is 0.162 e. The van der Waals surface area contributed by atoms with Crippen molar-refractivity contribution >= 4 is 5.78 Å². The SMILES string of the molecule is COCC(=O)[C@@H]1CCCNC1. The number of hydrogen-bond donors (Lipinski definition) is 1. The first-order valence-electron chi connectivity index (χ1n) is 4.07. The maximum absolute atomic E-state index is 11.2. The quantitative estimate of drug-likeness (QED) is 0.636. The second-order valence-electron chi connectivity index (χ2n) is 2.94. The highest BCUT2D eigenvalue weighted by Crippen LogP contribution is 2.10. The van der Waals surface area contributed by atoms with Gasteiger partial charge < -0.3 is 10.1 Å². The van der Waals surface area contributed by atoms with Gasteiger partial charge in [0.1, 0.15) is 6.61 Å². The highest BCUT2D eigenvalue weighted by Gasteiger charge is 2.19. The number of carbonyl (C=O) groups is 1. The molecular formula is C8H15NO2. The minimum absolute atomic E-state index is 0.198. The molecule has 1 aliphatic heterocycles. The van der Waals surface area contributed by atoms with Crippen molar-refractivity contribution in [2.24, 2.45) is 5.92 Å². The topological polar surface area (TPSA) is 38.3 Å². The molecule has 0 aromatic carbocycles. The van der Waals surface area contributed by atoms with Gasteiger partial charge in [0.05, 0.1) is 0 Å². The van der Waals surface area contributed by atoms with Crippen molar-refractivity contribution in [2.75, 3.05) is 26.8 Å². The number of piperidine rings is 1. The van der Waals surface area contributed by atoms with Gasteiger partial charge in [0.15, 0.2) is 5.78 Å². The van der Waals surface area contributed by atoms with E-state index in [9.17, 15) is 4.79 Å². The van der Waals surface area contributed by atoms with E-state index >= 15 is 0 Å². The Morgan fingerprint density at radius 1 is 1.73 bits per heavy atom. The maximum atomic E-state index is 11.2. The van der Waals surface area contributed by atoms with Gasteiger partial charge in [0, 0.05) is 19.6 Å². The van der Waals surface area contributed by atoms with E-state index in [4.69, 9.17) is 4.74 Å². The molecule has 0 bridgehead atoms. The minimum Gasteiger partial charge on any atom is -0.377 e. The van der Waals surface area contributed by atoms with Crippen LogP contribution in [0.25, 0.3) is 0 Å².